The van der Waals surface area contributed by atoms with Crippen LogP contribution in [0.25, 0.3) is 0 Å². The molecule has 3 bridgehead atoms. The summed E-state index contributed by atoms with van der Waals surface area (Å²) in [5.41, 5.74) is 2.77. The lowest BCUT2D eigenvalue weighted by molar-refractivity contribution is -0.170. The maximum absolute atomic E-state index is 13.3. The van der Waals surface area contributed by atoms with Crippen LogP contribution in [0, 0.1) is 11.3 Å². The third-order valence-corrected chi connectivity index (χ3v) is 7.39. The van der Waals surface area contributed by atoms with E-state index in [0.717, 1.165) is 42.9 Å². The molecule has 3 fully saturated rings. The van der Waals surface area contributed by atoms with Gasteiger partial charge in [-0.1, -0.05) is 29.8 Å². The minimum absolute atomic E-state index is 0.0170. The number of aliphatic imine (C=N–C) groups is 1. The third-order valence-electron chi connectivity index (χ3n) is 7.39. The number of para-hydroxylation sites is 1. The zero-order valence-corrected chi connectivity index (χ0v) is 15.2. The Bertz CT molecular complexity index is 861. The number of benzene rings is 1. The Morgan fingerprint density at radius 3 is 3.00 bits per heavy atom. The molecule has 4 atom stereocenters. The van der Waals surface area contributed by atoms with Crippen molar-refractivity contribution in [3.63, 3.8) is 0 Å². The smallest absolute Gasteiger partial charge is 0.316 e. The van der Waals surface area contributed by atoms with E-state index in [1.54, 1.807) is 0 Å². The van der Waals surface area contributed by atoms with E-state index in [1.165, 1.54) is 12.7 Å². The fourth-order valence-corrected chi connectivity index (χ4v) is 6.33. The first kappa shape index (κ1) is 16.2. The monoisotopic (exact) mass is 352 g/mol. The van der Waals surface area contributed by atoms with Gasteiger partial charge in [-0.2, -0.15) is 0 Å². The molecule has 136 valence electrons. The topological polar surface area (TPSA) is 62.1 Å². The first-order valence-electron chi connectivity index (χ1n) is 9.41. The summed E-state index contributed by atoms with van der Waals surface area (Å²) in [6.45, 7) is 3.56. The largest absolute Gasteiger partial charge is 0.468 e. The zero-order chi connectivity index (χ0) is 18.1. The molecule has 3 heterocycles. The van der Waals surface area contributed by atoms with Crippen LogP contribution in [0.4, 0.5) is 5.69 Å². The second-order valence-electron chi connectivity index (χ2n) is 7.93. The number of hydrogen-bond acceptors (Lipinski definition) is 5. The number of carbonyl (C=O) groups excluding carboxylic acids is 1. The molecule has 3 aliphatic heterocycles. The standard InChI is InChI=1S/C21H24N2O3/c1-3-13-11-23-9-8-20-14-6-4-5-7-16(14)22-18(20)17(23)10-15(13)21(20,12-24)19(25)26-2/h3-7,15,17,24H,8-12H2,1-2H3/t15-,17-,20+,21-/m0/s1. The van der Waals surface area contributed by atoms with Crippen molar-refractivity contribution in [3.8, 4) is 0 Å². The van der Waals surface area contributed by atoms with Crippen LogP contribution in [0.2, 0.25) is 0 Å². The second kappa shape index (κ2) is 5.27. The molecule has 1 aromatic rings. The minimum atomic E-state index is -1.00. The number of piperidine rings is 2. The highest BCUT2D eigenvalue weighted by atomic mass is 16.5. The van der Waals surface area contributed by atoms with Crippen molar-refractivity contribution < 1.29 is 14.6 Å². The highest BCUT2D eigenvalue weighted by Gasteiger charge is 2.73. The molecule has 5 nitrogen and oxygen atoms in total. The van der Waals surface area contributed by atoms with E-state index in [9.17, 15) is 9.90 Å². The number of allylic oxidation sites excluding steroid dienone is 1. The Morgan fingerprint density at radius 1 is 1.46 bits per heavy atom. The van der Waals surface area contributed by atoms with E-state index in [4.69, 9.17) is 9.73 Å². The number of hydrogen-bond donors (Lipinski definition) is 1. The summed E-state index contributed by atoms with van der Waals surface area (Å²) < 4.78 is 5.34. The van der Waals surface area contributed by atoms with Crippen LogP contribution in [-0.2, 0) is 14.9 Å². The van der Waals surface area contributed by atoms with Gasteiger partial charge >= 0.3 is 5.97 Å². The third kappa shape index (κ3) is 1.56. The molecule has 0 amide bonds. The SMILES string of the molecule is CC=C1CN2CC[C@]34C(=Nc5ccccc53)[C@@H]2C[C@@H]1[C@@]4(CO)C(=O)OC. The number of aliphatic hydroxyl groups excluding tert-OH is 1. The highest BCUT2D eigenvalue weighted by molar-refractivity contribution is 6.11. The Hall–Kier alpha value is -1.98. The van der Waals surface area contributed by atoms with Gasteiger partial charge in [0.05, 0.1) is 30.9 Å². The predicted octanol–water partition coefficient (Wildman–Crippen LogP) is 2.22. The summed E-state index contributed by atoms with van der Waals surface area (Å²) in [4.78, 5) is 20.8. The predicted molar refractivity (Wildman–Crippen MR) is 98.6 cm³/mol. The molecule has 1 aliphatic carbocycles. The van der Waals surface area contributed by atoms with Crippen molar-refractivity contribution >= 4 is 17.4 Å². The summed E-state index contributed by atoms with van der Waals surface area (Å²) in [6.07, 6.45) is 3.75. The van der Waals surface area contributed by atoms with Gasteiger partial charge in [0, 0.05) is 24.7 Å². The first-order valence-corrected chi connectivity index (χ1v) is 9.41. The van der Waals surface area contributed by atoms with Crippen LogP contribution in [0.15, 0.2) is 40.9 Å². The number of carbonyl (C=O) groups is 1. The summed E-state index contributed by atoms with van der Waals surface area (Å²) in [6, 6.07) is 8.36. The summed E-state index contributed by atoms with van der Waals surface area (Å²) in [5, 5.41) is 10.8. The van der Waals surface area contributed by atoms with Gasteiger partial charge in [-0.25, -0.2) is 0 Å². The van der Waals surface area contributed by atoms with Gasteiger partial charge in [0.25, 0.3) is 0 Å². The molecule has 0 spiro atoms. The number of methoxy groups -OCH3 is 1. The van der Waals surface area contributed by atoms with E-state index in [0.29, 0.717) is 0 Å². The highest BCUT2D eigenvalue weighted by Crippen LogP contribution is 2.65. The van der Waals surface area contributed by atoms with E-state index >= 15 is 0 Å². The number of nitrogens with zero attached hydrogens (tertiary/aromatic N) is 2. The number of ether oxygens (including phenoxy) is 1. The Balaban J connectivity index is 1.87. The van der Waals surface area contributed by atoms with Gasteiger partial charge in [-0.05, 0) is 31.4 Å². The van der Waals surface area contributed by atoms with Gasteiger partial charge in [0.15, 0.2) is 0 Å². The number of aliphatic hydroxyl groups is 1. The maximum Gasteiger partial charge on any atom is 0.316 e. The molecule has 5 heteroatoms. The lowest BCUT2D eigenvalue weighted by Gasteiger charge is -2.64. The van der Waals surface area contributed by atoms with Crippen LogP contribution >= 0.6 is 0 Å². The van der Waals surface area contributed by atoms with E-state index in [2.05, 4.69) is 17.0 Å². The Labute approximate surface area is 153 Å². The van der Waals surface area contributed by atoms with E-state index < -0.39 is 10.8 Å². The summed E-state index contributed by atoms with van der Waals surface area (Å²) in [7, 11) is 1.44. The van der Waals surface area contributed by atoms with Crippen molar-refractivity contribution in [1.29, 1.82) is 0 Å². The van der Waals surface area contributed by atoms with Crippen LogP contribution in [-0.4, -0.2) is 54.5 Å². The van der Waals surface area contributed by atoms with Crippen molar-refractivity contribution in [2.75, 3.05) is 26.8 Å². The van der Waals surface area contributed by atoms with Gasteiger partial charge in [0.2, 0.25) is 0 Å². The quantitative estimate of drug-likeness (QED) is 0.655. The van der Waals surface area contributed by atoms with E-state index in [1.807, 2.05) is 25.1 Å². The fraction of sp³-hybridized carbons (Fsp3) is 0.524. The molecular formula is C21H24N2O3. The van der Waals surface area contributed by atoms with Gasteiger partial charge < -0.3 is 9.84 Å². The summed E-state index contributed by atoms with van der Waals surface area (Å²) in [5.74, 6) is -0.320. The molecule has 26 heavy (non-hydrogen) atoms. The summed E-state index contributed by atoms with van der Waals surface area (Å²) >= 11 is 0. The average molecular weight is 352 g/mol. The van der Waals surface area contributed by atoms with Crippen LogP contribution in [0.3, 0.4) is 0 Å². The van der Waals surface area contributed by atoms with Crippen molar-refractivity contribution in [1.82, 2.24) is 4.90 Å². The molecule has 1 saturated carbocycles. The number of rotatable bonds is 2. The Kier molecular flexibility index (Phi) is 3.29. The van der Waals surface area contributed by atoms with Gasteiger partial charge in [0.1, 0.15) is 5.41 Å². The first-order chi connectivity index (χ1) is 12.6. The molecule has 1 aromatic carbocycles. The van der Waals surface area contributed by atoms with E-state index in [-0.39, 0.29) is 24.5 Å². The van der Waals surface area contributed by atoms with Crippen molar-refractivity contribution in [3.05, 3.63) is 41.5 Å². The fourth-order valence-electron chi connectivity index (χ4n) is 6.33. The molecule has 1 N–H and O–H groups in total. The average Bonchev–Trinajstić information content (AvgIpc) is 3.04. The molecule has 0 unspecified atom stereocenters. The normalized spacial score (nSPS) is 38.7. The van der Waals surface area contributed by atoms with Crippen LogP contribution < -0.4 is 0 Å². The van der Waals surface area contributed by atoms with Gasteiger partial charge in [-0.3, -0.25) is 14.7 Å². The lowest BCUT2D eigenvalue weighted by atomic mass is 9.43. The number of fused-ring (bicyclic) bond motifs is 2. The minimum Gasteiger partial charge on any atom is -0.468 e. The van der Waals surface area contributed by atoms with Gasteiger partial charge in [-0.15, -0.1) is 0 Å². The van der Waals surface area contributed by atoms with Crippen LogP contribution in [0.5, 0.6) is 0 Å². The molecule has 4 aliphatic rings. The molecular weight excluding hydrogens is 328 g/mol. The molecule has 2 saturated heterocycles. The van der Waals surface area contributed by atoms with Crippen LogP contribution in [0.1, 0.15) is 25.3 Å². The molecule has 5 rings (SSSR count). The van der Waals surface area contributed by atoms with Crippen molar-refractivity contribution in [2.45, 2.75) is 31.2 Å². The molecule has 0 aromatic heterocycles. The molecule has 0 radical (unpaired) electrons. The second-order valence-corrected chi connectivity index (χ2v) is 7.93. The zero-order valence-electron chi connectivity index (χ0n) is 15.2. The Morgan fingerprint density at radius 2 is 2.27 bits per heavy atom. The number of esters is 1. The lowest BCUT2D eigenvalue weighted by Crippen LogP contribution is -2.74. The van der Waals surface area contributed by atoms with Crippen molar-refractivity contribution in [2.24, 2.45) is 16.3 Å². The maximum atomic E-state index is 13.3.